The van der Waals surface area contributed by atoms with Gasteiger partial charge in [-0.3, -0.25) is 0 Å². The fourth-order valence-electron chi connectivity index (χ4n) is 1.28. The predicted molar refractivity (Wildman–Crippen MR) is 53.8 cm³/mol. The van der Waals surface area contributed by atoms with E-state index in [1.54, 1.807) is 0 Å². The number of hydrogen-bond donors (Lipinski definition) is 0. The van der Waals surface area contributed by atoms with Gasteiger partial charge in [0.1, 0.15) is 0 Å². The molecule has 0 nitrogen and oxygen atoms in total. The van der Waals surface area contributed by atoms with Gasteiger partial charge in [-0.05, 0) is 0 Å². The van der Waals surface area contributed by atoms with Crippen LogP contribution < -0.4 is 0 Å². The van der Waals surface area contributed by atoms with Gasteiger partial charge < -0.3 is 0 Å². The second-order valence-electron chi connectivity index (χ2n) is 3.09. The maximum atomic E-state index is 12.3. The summed E-state index contributed by atoms with van der Waals surface area (Å²) in [6.07, 6.45) is -4.25. The third-order valence-corrected chi connectivity index (χ3v) is 3.50. The van der Waals surface area contributed by atoms with Gasteiger partial charge in [0, 0.05) is 0 Å². The van der Waals surface area contributed by atoms with Gasteiger partial charge in [-0.2, -0.15) is 0 Å². The van der Waals surface area contributed by atoms with Crippen molar-refractivity contribution >= 4 is 14.5 Å². The van der Waals surface area contributed by atoms with E-state index in [1.807, 2.05) is 11.0 Å². The molecule has 0 saturated heterocycles. The first kappa shape index (κ1) is 10.5. The van der Waals surface area contributed by atoms with Gasteiger partial charge in [-0.15, -0.1) is 0 Å². The van der Waals surface area contributed by atoms with Crippen LogP contribution in [-0.4, -0.2) is 14.5 Å². The van der Waals surface area contributed by atoms with Crippen LogP contribution in [0.25, 0.3) is 11.1 Å². The number of halogens is 3. The molecule has 1 heterocycles. The van der Waals surface area contributed by atoms with Crippen molar-refractivity contribution in [1.82, 2.24) is 0 Å². The Bertz CT molecular complexity index is 426. The van der Waals surface area contributed by atoms with Crippen LogP contribution in [0.15, 0.2) is 40.2 Å². The van der Waals surface area contributed by atoms with E-state index in [4.69, 9.17) is 0 Å². The second-order valence-corrected chi connectivity index (χ2v) is 4.72. The molecule has 0 radical (unpaired) electrons. The van der Waals surface area contributed by atoms with Crippen LogP contribution in [0.2, 0.25) is 0 Å². The molecule has 0 spiro atoms. The summed E-state index contributed by atoms with van der Waals surface area (Å²) in [6.45, 7) is 0. The van der Waals surface area contributed by atoms with Crippen LogP contribution in [0.5, 0.6) is 0 Å². The molecule has 0 saturated carbocycles. The van der Waals surface area contributed by atoms with Gasteiger partial charge in [-0.25, -0.2) is 0 Å². The normalized spacial score (nSPS) is 11.7. The first-order valence-corrected chi connectivity index (χ1v) is 6.25. The molecule has 0 unspecified atom stereocenters. The van der Waals surface area contributed by atoms with Gasteiger partial charge in [0.25, 0.3) is 0 Å². The van der Waals surface area contributed by atoms with Gasteiger partial charge in [0.2, 0.25) is 0 Å². The van der Waals surface area contributed by atoms with Gasteiger partial charge in [0.05, 0.1) is 0 Å². The molecular formula is C11H7F3Se. The standard InChI is InChI=1S/C11H7F3Se/c12-11(13,14)10-3-1-8(2-4-10)9-5-6-15-7-9/h1-7H. The molecule has 0 N–H and O–H groups in total. The monoisotopic (exact) mass is 276 g/mol. The van der Waals surface area contributed by atoms with Crippen LogP contribution in [-0.2, 0) is 6.18 Å². The zero-order valence-electron chi connectivity index (χ0n) is 7.58. The first-order valence-electron chi connectivity index (χ1n) is 4.27. The van der Waals surface area contributed by atoms with E-state index in [0.29, 0.717) is 14.5 Å². The van der Waals surface area contributed by atoms with Gasteiger partial charge in [-0.1, -0.05) is 0 Å². The summed E-state index contributed by atoms with van der Waals surface area (Å²) in [5.74, 6) is 0. The van der Waals surface area contributed by atoms with E-state index >= 15 is 0 Å². The summed E-state index contributed by atoms with van der Waals surface area (Å²) in [4.78, 5) is 4.09. The zero-order chi connectivity index (χ0) is 10.9. The predicted octanol–water partition coefficient (Wildman–Crippen LogP) is 3.43. The number of alkyl halides is 3. The summed E-state index contributed by atoms with van der Waals surface area (Å²) in [7, 11) is 0. The average molecular weight is 275 g/mol. The van der Waals surface area contributed by atoms with Crippen molar-refractivity contribution in [1.29, 1.82) is 0 Å². The van der Waals surface area contributed by atoms with Crippen molar-refractivity contribution in [3.05, 3.63) is 45.8 Å². The topological polar surface area (TPSA) is 0 Å². The van der Waals surface area contributed by atoms with Crippen molar-refractivity contribution in [3.63, 3.8) is 0 Å². The minimum absolute atomic E-state index is 0.359. The molecule has 0 aliphatic carbocycles. The second kappa shape index (κ2) is 3.87. The van der Waals surface area contributed by atoms with Crippen LogP contribution in [0.3, 0.4) is 0 Å². The fraction of sp³-hybridized carbons (Fsp3) is 0.0909. The van der Waals surface area contributed by atoms with Crippen LogP contribution in [0.4, 0.5) is 13.2 Å². The molecule has 15 heavy (non-hydrogen) atoms. The van der Waals surface area contributed by atoms with Crippen molar-refractivity contribution in [2.45, 2.75) is 6.18 Å². The Labute approximate surface area is 91.1 Å². The Hall–Kier alpha value is -0.991. The Kier molecular flexibility index (Phi) is 2.72. The number of rotatable bonds is 1. The molecule has 2 aromatic rings. The third kappa shape index (κ3) is 2.33. The van der Waals surface area contributed by atoms with E-state index in [1.165, 1.54) is 12.1 Å². The Balaban J connectivity index is 2.33. The van der Waals surface area contributed by atoms with E-state index in [-0.39, 0.29) is 0 Å². The van der Waals surface area contributed by atoms with E-state index in [0.717, 1.165) is 23.3 Å². The Morgan fingerprint density at radius 3 is 2.00 bits per heavy atom. The molecular weight excluding hydrogens is 268 g/mol. The molecule has 0 fully saturated rings. The fourth-order valence-corrected chi connectivity index (χ4v) is 2.68. The molecule has 0 bridgehead atoms. The van der Waals surface area contributed by atoms with Gasteiger partial charge in [0.15, 0.2) is 0 Å². The van der Waals surface area contributed by atoms with Crippen molar-refractivity contribution in [2.24, 2.45) is 0 Å². The maximum absolute atomic E-state index is 12.3. The van der Waals surface area contributed by atoms with Gasteiger partial charge >= 0.3 is 90.8 Å². The summed E-state index contributed by atoms with van der Waals surface area (Å²) < 4.78 is 36.8. The molecule has 0 atom stereocenters. The van der Waals surface area contributed by atoms with Crippen LogP contribution in [0.1, 0.15) is 5.56 Å². The van der Waals surface area contributed by atoms with Crippen molar-refractivity contribution in [3.8, 4) is 11.1 Å². The molecule has 2 rings (SSSR count). The zero-order valence-corrected chi connectivity index (χ0v) is 9.30. The summed E-state index contributed by atoms with van der Waals surface area (Å²) >= 11 is 0.359. The summed E-state index contributed by atoms with van der Waals surface area (Å²) in [5.41, 5.74) is 1.27. The SMILES string of the molecule is FC(F)(F)c1ccc(-c2cc[se]c2)cc1. The van der Waals surface area contributed by atoms with E-state index in [2.05, 4.69) is 4.94 Å². The third-order valence-electron chi connectivity index (χ3n) is 2.07. The van der Waals surface area contributed by atoms with Crippen LogP contribution in [0, 0.1) is 0 Å². The van der Waals surface area contributed by atoms with E-state index < -0.39 is 11.7 Å². The molecule has 1 aromatic heterocycles. The minimum atomic E-state index is -4.25. The summed E-state index contributed by atoms with van der Waals surface area (Å²) in [6, 6.07) is 7.22. The quantitative estimate of drug-likeness (QED) is 0.699. The molecule has 0 aliphatic rings. The number of benzene rings is 1. The molecule has 0 amide bonds. The first-order chi connectivity index (χ1) is 7.07. The Morgan fingerprint density at radius 1 is 0.867 bits per heavy atom. The van der Waals surface area contributed by atoms with Crippen LogP contribution >= 0.6 is 0 Å². The van der Waals surface area contributed by atoms with Crippen molar-refractivity contribution < 1.29 is 13.2 Å². The van der Waals surface area contributed by atoms with E-state index in [9.17, 15) is 13.2 Å². The molecule has 0 aliphatic heterocycles. The molecule has 4 heteroatoms. The summed E-state index contributed by atoms with van der Waals surface area (Å²) in [5, 5.41) is 0. The van der Waals surface area contributed by atoms with Crippen molar-refractivity contribution in [2.75, 3.05) is 0 Å². The average Bonchev–Trinajstić information content (AvgIpc) is 2.69. The molecule has 1 aromatic carbocycles. The Morgan fingerprint density at radius 2 is 1.53 bits per heavy atom. The molecule has 78 valence electrons. The number of hydrogen-bond acceptors (Lipinski definition) is 0.